The van der Waals surface area contributed by atoms with E-state index in [9.17, 15) is 5.11 Å². The number of rotatable bonds is 0. The van der Waals surface area contributed by atoms with Gasteiger partial charge in [0.05, 0.1) is 0 Å². The van der Waals surface area contributed by atoms with Crippen LogP contribution in [0.15, 0.2) is 60.7 Å². The topological polar surface area (TPSA) is 20.2 Å². The molecular weight excluding hydrogens is 268 g/mol. The van der Waals surface area contributed by atoms with Crippen molar-refractivity contribution in [1.29, 1.82) is 0 Å². The second kappa shape index (κ2) is 3.89. The van der Waals surface area contributed by atoms with Crippen molar-refractivity contribution in [2.45, 2.75) is 6.92 Å². The molecular formula is C21H14O. The summed E-state index contributed by atoms with van der Waals surface area (Å²) in [5, 5.41) is 20.0. The second-order valence-corrected chi connectivity index (χ2v) is 6.09. The number of hydrogen-bond acceptors (Lipinski definition) is 1. The minimum Gasteiger partial charge on any atom is -0.508 e. The van der Waals surface area contributed by atoms with E-state index in [0.717, 1.165) is 10.9 Å². The smallest absolute Gasteiger partial charge is 0.116 e. The van der Waals surface area contributed by atoms with Crippen LogP contribution in [0.2, 0.25) is 0 Å². The third-order valence-electron chi connectivity index (χ3n) is 4.77. The molecule has 5 aromatic carbocycles. The summed E-state index contributed by atoms with van der Waals surface area (Å²) in [6.45, 7) is 2.06. The molecule has 1 heteroatoms. The lowest BCUT2D eigenvalue weighted by atomic mass is 9.90. The summed E-state index contributed by atoms with van der Waals surface area (Å²) in [5.74, 6) is 0.333. The molecule has 5 aromatic rings. The highest BCUT2D eigenvalue weighted by Crippen LogP contribution is 2.40. The molecule has 0 saturated carbocycles. The molecule has 1 nitrogen and oxygen atoms in total. The number of aryl methyl sites for hydroxylation is 1. The molecule has 0 atom stereocenters. The summed E-state index contributed by atoms with van der Waals surface area (Å²) in [4.78, 5) is 0. The van der Waals surface area contributed by atoms with Crippen LogP contribution in [0.25, 0.3) is 43.1 Å². The van der Waals surface area contributed by atoms with E-state index in [4.69, 9.17) is 0 Å². The molecule has 0 aliphatic rings. The number of benzene rings is 5. The SMILES string of the molecule is Cc1cc(O)cc2c1cc1ccc3cccc4ccc2c1c34. The standard InChI is InChI=1S/C21H14O/c1-12-9-16(22)11-19-17-8-7-14-4-2-3-13-5-6-15(10-18(12)19)21(17)20(13)14/h2-11,22H,1H3. The third kappa shape index (κ3) is 1.38. The predicted molar refractivity (Wildman–Crippen MR) is 94.1 cm³/mol. The van der Waals surface area contributed by atoms with Gasteiger partial charge in [-0.3, -0.25) is 0 Å². The first kappa shape index (κ1) is 11.8. The molecule has 0 aliphatic carbocycles. The van der Waals surface area contributed by atoms with Gasteiger partial charge in [0.2, 0.25) is 0 Å². The Bertz CT molecular complexity index is 1170. The van der Waals surface area contributed by atoms with E-state index in [0.29, 0.717) is 5.75 Å². The maximum atomic E-state index is 10.0. The Kier molecular flexibility index (Phi) is 2.09. The van der Waals surface area contributed by atoms with Gasteiger partial charge in [0, 0.05) is 0 Å². The molecule has 0 radical (unpaired) electrons. The van der Waals surface area contributed by atoms with E-state index in [1.54, 1.807) is 0 Å². The van der Waals surface area contributed by atoms with Gasteiger partial charge in [-0.1, -0.05) is 42.5 Å². The normalized spacial score (nSPS) is 12.0. The number of aromatic hydroxyl groups is 1. The lowest BCUT2D eigenvalue weighted by Gasteiger charge is -2.14. The van der Waals surface area contributed by atoms with Gasteiger partial charge in [0.1, 0.15) is 5.75 Å². The summed E-state index contributed by atoms with van der Waals surface area (Å²) >= 11 is 0. The average molecular weight is 282 g/mol. The molecule has 104 valence electrons. The molecule has 5 rings (SSSR count). The Morgan fingerprint density at radius 2 is 1.36 bits per heavy atom. The molecule has 0 aromatic heterocycles. The van der Waals surface area contributed by atoms with Gasteiger partial charge >= 0.3 is 0 Å². The lowest BCUT2D eigenvalue weighted by molar-refractivity contribution is 0.476. The average Bonchev–Trinajstić information content (AvgIpc) is 2.52. The van der Waals surface area contributed by atoms with Gasteiger partial charge in [0.15, 0.2) is 0 Å². The van der Waals surface area contributed by atoms with Crippen molar-refractivity contribution >= 4 is 43.1 Å². The van der Waals surface area contributed by atoms with Gasteiger partial charge < -0.3 is 5.11 Å². The molecule has 1 N–H and O–H groups in total. The van der Waals surface area contributed by atoms with Crippen molar-refractivity contribution in [3.05, 3.63) is 66.2 Å². The van der Waals surface area contributed by atoms with Crippen LogP contribution in [0.4, 0.5) is 0 Å². The summed E-state index contributed by atoms with van der Waals surface area (Å²) in [5.41, 5.74) is 1.11. The maximum absolute atomic E-state index is 10.0. The maximum Gasteiger partial charge on any atom is 0.116 e. The second-order valence-electron chi connectivity index (χ2n) is 6.09. The molecule has 0 fully saturated rings. The third-order valence-corrected chi connectivity index (χ3v) is 4.77. The molecule has 0 amide bonds. The van der Waals surface area contributed by atoms with Crippen LogP contribution in [0, 0.1) is 6.92 Å². The number of fused-ring (bicyclic) bond motifs is 2. The molecule has 0 saturated heterocycles. The minimum absolute atomic E-state index is 0.333. The van der Waals surface area contributed by atoms with Gasteiger partial charge in [-0.15, -0.1) is 0 Å². The van der Waals surface area contributed by atoms with Crippen molar-refractivity contribution in [3.63, 3.8) is 0 Å². The minimum atomic E-state index is 0.333. The highest BCUT2D eigenvalue weighted by Gasteiger charge is 2.12. The Morgan fingerprint density at radius 3 is 2.18 bits per heavy atom. The van der Waals surface area contributed by atoms with Gasteiger partial charge in [-0.05, 0) is 73.8 Å². The number of phenols is 1. The van der Waals surface area contributed by atoms with E-state index in [1.807, 2.05) is 12.1 Å². The van der Waals surface area contributed by atoms with Gasteiger partial charge in [-0.25, -0.2) is 0 Å². The molecule has 0 bridgehead atoms. The first-order chi connectivity index (χ1) is 10.7. The van der Waals surface area contributed by atoms with E-state index < -0.39 is 0 Å². The molecule has 0 spiro atoms. The summed E-state index contributed by atoms with van der Waals surface area (Å²) in [6.07, 6.45) is 0. The van der Waals surface area contributed by atoms with Crippen LogP contribution >= 0.6 is 0 Å². The van der Waals surface area contributed by atoms with Crippen molar-refractivity contribution in [2.24, 2.45) is 0 Å². The Labute approximate surface area is 127 Å². The van der Waals surface area contributed by atoms with Crippen LogP contribution in [0.1, 0.15) is 5.56 Å². The Balaban J connectivity index is 2.19. The van der Waals surface area contributed by atoms with E-state index >= 15 is 0 Å². The highest BCUT2D eigenvalue weighted by molar-refractivity contribution is 6.29. The quantitative estimate of drug-likeness (QED) is 0.283. The summed E-state index contributed by atoms with van der Waals surface area (Å²) < 4.78 is 0. The van der Waals surface area contributed by atoms with E-state index in [1.165, 1.54) is 37.7 Å². The van der Waals surface area contributed by atoms with Crippen LogP contribution < -0.4 is 0 Å². The van der Waals surface area contributed by atoms with E-state index in [-0.39, 0.29) is 0 Å². The summed E-state index contributed by atoms with van der Waals surface area (Å²) in [7, 11) is 0. The summed E-state index contributed by atoms with van der Waals surface area (Å²) in [6, 6.07) is 21.2. The fourth-order valence-electron chi connectivity index (χ4n) is 3.80. The molecule has 0 aliphatic heterocycles. The molecule has 22 heavy (non-hydrogen) atoms. The first-order valence-corrected chi connectivity index (χ1v) is 7.52. The van der Waals surface area contributed by atoms with Crippen LogP contribution in [0.5, 0.6) is 5.75 Å². The lowest BCUT2D eigenvalue weighted by Crippen LogP contribution is -1.87. The van der Waals surface area contributed by atoms with Crippen LogP contribution in [-0.2, 0) is 0 Å². The van der Waals surface area contributed by atoms with Gasteiger partial charge in [-0.2, -0.15) is 0 Å². The monoisotopic (exact) mass is 282 g/mol. The van der Waals surface area contributed by atoms with Crippen molar-refractivity contribution in [3.8, 4) is 5.75 Å². The zero-order chi connectivity index (χ0) is 14.8. The molecule has 0 unspecified atom stereocenters. The van der Waals surface area contributed by atoms with E-state index in [2.05, 4.69) is 55.5 Å². The van der Waals surface area contributed by atoms with Crippen molar-refractivity contribution in [1.82, 2.24) is 0 Å². The fourth-order valence-corrected chi connectivity index (χ4v) is 3.80. The highest BCUT2D eigenvalue weighted by atomic mass is 16.3. The largest absolute Gasteiger partial charge is 0.508 e. The van der Waals surface area contributed by atoms with Crippen molar-refractivity contribution in [2.75, 3.05) is 0 Å². The zero-order valence-corrected chi connectivity index (χ0v) is 12.2. The fraction of sp³-hybridized carbons (Fsp3) is 0.0476. The first-order valence-electron chi connectivity index (χ1n) is 7.52. The van der Waals surface area contributed by atoms with Crippen molar-refractivity contribution < 1.29 is 5.11 Å². The molecule has 0 heterocycles. The Hall–Kier alpha value is -2.80. The van der Waals surface area contributed by atoms with Crippen LogP contribution in [-0.4, -0.2) is 5.11 Å². The zero-order valence-electron chi connectivity index (χ0n) is 12.2. The predicted octanol–water partition coefficient (Wildman–Crippen LogP) is 5.75. The van der Waals surface area contributed by atoms with Crippen LogP contribution in [0.3, 0.4) is 0 Å². The number of phenolic OH excluding ortho intramolecular Hbond substituents is 1. The van der Waals surface area contributed by atoms with Gasteiger partial charge in [0.25, 0.3) is 0 Å². The Morgan fingerprint density at radius 1 is 0.636 bits per heavy atom. The number of hydrogen-bond donors (Lipinski definition) is 1.